The summed E-state index contributed by atoms with van der Waals surface area (Å²) in [6.45, 7) is 2.49. The predicted molar refractivity (Wildman–Crippen MR) is 75.6 cm³/mol. The van der Waals surface area contributed by atoms with Crippen LogP contribution in [0.15, 0.2) is 35.7 Å². The van der Waals surface area contributed by atoms with E-state index in [1.54, 1.807) is 6.20 Å². The van der Waals surface area contributed by atoms with Crippen molar-refractivity contribution in [1.82, 2.24) is 15.0 Å². The fourth-order valence-corrected chi connectivity index (χ4v) is 1.84. The summed E-state index contributed by atoms with van der Waals surface area (Å²) in [5, 5.41) is 11.8. The van der Waals surface area contributed by atoms with Crippen molar-refractivity contribution in [2.24, 2.45) is 10.9 Å². The van der Waals surface area contributed by atoms with Crippen molar-refractivity contribution in [3.05, 3.63) is 47.7 Å². The standard InChI is InChI=1S/C13H16N6O/c1-9-4-3-5-10(17-9)8-19(2)13-11(12(14)18-20)15-6-7-16-13/h3-7,20H,8H2,1-2H3,(H2,14,18). The molecule has 0 aromatic carbocycles. The van der Waals surface area contributed by atoms with Crippen LogP contribution in [-0.2, 0) is 6.54 Å². The lowest BCUT2D eigenvalue weighted by Crippen LogP contribution is -2.25. The number of anilines is 1. The van der Waals surface area contributed by atoms with Crippen molar-refractivity contribution in [2.45, 2.75) is 13.5 Å². The van der Waals surface area contributed by atoms with Gasteiger partial charge >= 0.3 is 0 Å². The van der Waals surface area contributed by atoms with Crippen LogP contribution in [0.25, 0.3) is 0 Å². The number of hydrogen-bond acceptors (Lipinski definition) is 6. The van der Waals surface area contributed by atoms with Crippen molar-refractivity contribution in [3.63, 3.8) is 0 Å². The molecule has 0 saturated heterocycles. The molecule has 7 heteroatoms. The maximum absolute atomic E-state index is 8.78. The molecule has 0 bridgehead atoms. The number of pyridine rings is 1. The number of amidine groups is 1. The average molecular weight is 272 g/mol. The summed E-state index contributed by atoms with van der Waals surface area (Å²) in [7, 11) is 1.85. The fourth-order valence-electron chi connectivity index (χ4n) is 1.84. The average Bonchev–Trinajstić information content (AvgIpc) is 2.46. The molecule has 0 unspecified atom stereocenters. The summed E-state index contributed by atoms with van der Waals surface area (Å²) in [6.07, 6.45) is 3.05. The van der Waals surface area contributed by atoms with E-state index in [0.29, 0.717) is 18.1 Å². The Bertz CT molecular complexity index is 628. The Labute approximate surface area is 116 Å². The molecule has 0 radical (unpaired) electrons. The zero-order chi connectivity index (χ0) is 14.5. The molecule has 2 aromatic heterocycles. The molecule has 20 heavy (non-hydrogen) atoms. The van der Waals surface area contributed by atoms with E-state index >= 15 is 0 Å². The minimum absolute atomic E-state index is 0.0721. The highest BCUT2D eigenvalue weighted by molar-refractivity contribution is 5.99. The molecule has 2 rings (SSSR count). The molecule has 0 fully saturated rings. The van der Waals surface area contributed by atoms with E-state index in [-0.39, 0.29) is 5.84 Å². The van der Waals surface area contributed by atoms with E-state index in [2.05, 4.69) is 20.1 Å². The zero-order valence-corrected chi connectivity index (χ0v) is 11.4. The van der Waals surface area contributed by atoms with Gasteiger partial charge in [0.25, 0.3) is 0 Å². The SMILES string of the molecule is Cc1cccc(CN(C)c2nccnc2/C(N)=N/O)n1. The van der Waals surface area contributed by atoms with Crippen molar-refractivity contribution >= 4 is 11.7 Å². The van der Waals surface area contributed by atoms with Gasteiger partial charge < -0.3 is 15.8 Å². The molecule has 0 aliphatic carbocycles. The molecule has 0 spiro atoms. The van der Waals surface area contributed by atoms with Gasteiger partial charge in [0, 0.05) is 25.1 Å². The van der Waals surface area contributed by atoms with Gasteiger partial charge in [0.1, 0.15) is 0 Å². The second kappa shape index (κ2) is 5.96. The minimum atomic E-state index is -0.0721. The Kier molecular flexibility index (Phi) is 4.09. The van der Waals surface area contributed by atoms with E-state index in [1.807, 2.05) is 37.1 Å². The van der Waals surface area contributed by atoms with Gasteiger partial charge in [-0.3, -0.25) is 4.98 Å². The lowest BCUT2D eigenvalue weighted by molar-refractivity contribution is 0.318. The topological polar surface area (TPSA) is 101 Å². The molecule has 0 aliphatic rings. The summed E-state index contributed by atoms with van der Waals surface area (Å²) in [5.41, 5.74) is 7.80. The number of aromatic nitrogens is 3. The van der Waals surface area contributed by atoms with Crippen molar-refractivity contribution in [3.8, 4) is 0 Å². The molecule has 7 nitrogen and oxygen atoms in total. The van der Waals surface area contributed by atoms with Crippen molar-refractivity contribution < 1.29 is 5.21 Å². The second-order valence-electron chi connectivity index (χ2n) is 4.34. The van der Waals surface area contributed by atoms with Crippen LogP contribution >= 0.6 is 0 Å². The molecule has 3 N–H and O–H groups in total. The third-order valence-corrected chi connectivity index (χ3v) is 2.74. The maximum atomic E-state index is 8.78. The lowest BCUT2D eigenvalue weighted by Gasteiger charge is -2.19. The van der Waals surface area contributed by atoms with Crippen molar-refractivity contribution in [1.29, 1.82) is 0 Å². The van der Waals surface area contributed by atoms with Crippen LogP contribution in [0.3, 0.4) is 0 Å². The van der Waals surface area contributed by atoms with E-state index in [0.717, 1.165) is 11.4 Å². The Morgan fingerprint density at radius 3 is 2.80 bits per heavy atom. The van der Waals surface area contributed by atoms with Crippen LogP contribution < -0.4 is 10.6 Å². The smallest absolute Gasteiger partial charge is 0.192 e. The quantitative estimate of drug-likeness (QED) is 0.371. The Morgan fingerprint density at radius 2 is 2.10 bits per heavy atom. The van der Waals surface area contributed by atoms with E-state index < -0.39 is 0 Å². The van der Waals surface area contributed by atoms with Gasteiger partial charge in [-0.25, -0.2) is 9.97 Å². The molecule has 2 aromatic rings. The Hall–Kier alpha value is -2.70. The van der Waals surface area contributed by atoms with Gasteiger partial charge in [-0.05, 0) is 19.1 Å². The summed E-state index contributed by atoms with van der Waals surface area (Å²) < 4.78 is 0. The number of rotatable bonds is 4. The number of aryl methyl sites for hydroxylation is 1. The first-order chi connectivity index (χ1) is 9.61. The molecule has 0 atom stereocenters. The van der Waals surface area contributed by atoms with E-state index in [9.17, 15) is 0 Å². The number of nitrogens with two attached hydrogens (primary N) is 1. The second-order valence-corrected chi connectivity index (χ2v) is 4.34. The third kappa shape index (κ3) is 3.00. The third-order valence-electron chi connectivity index (χ3n) is 2.74. The van der Waals surface area contributed by atoms with Gasteiger partial charge in [0.2, 0.25) is 0 Å². The van der Waals surface area contributed by atoms with Gasteiger partial charge in [0.05, 0.1) is 12.2 Å². The first kappa shape index (κ1) is 13.7. The molecular formula is C13H16N6O. The summed E-state index contributed by atoms with van der Waals surface area (Å²) in [5.74, 6) is 0.461. The van der Waals surface area contributed by atoms with Gasteiger partial charge in [-0.1, -0.05) is 11.2 Å². The number of oxime groups is 1. The van der Waals surface area contributed by atoms with Gasteiger partial charge in [0.15, 0.2) is 17.3 Å². The number of nitrogens with zero attached hydrogens (tertiary/aromatic N) is 5. The highest BCUT2D eigenvalue weighted by atomic mass is 16.4. The van der Waals surface area contributed by atoms with Crippen LogP contribution in [0.1, 0.15) is 17.1 Å². The summed E-state index contributed by atoms with van der Waals surface area (Å²) >= 11 is 0. The number of hydrogen-bond donors (Lipinski definition) is 2. The summed E-state index contributed by atoms with van der Waals surface area (Å²) in [4.78, 5) is 14.6. The largest absolute Gasteiger partial charge is 0.409 e. The van der Waals surface area contributed by atoms with Crippen LogP contribution in [-0.4, -0.2) is 33.0 Å². The normalized spacial score (nSPS) is 11.4. The summed E-state index contributed by atoms with van der Waals surface area (Å²) in [6, 6.07) is 5.82. The molecule has 0 saturated carbocycles. The molecule has 104 valence electrons. The fraction of sp³-hybridized carbons (Fsp3) is 0.231. The van der Waals surface area contributed by atoms with Crippen LogP contribution in [0, 0.1) is 6.92 Å². The minimum Gasteiger partial charge on any atom is -0.409 e. The zero-order valence-electron chi connectivity index (χ0n) is 11.4. The highest BCUT2D eigenvalue weighted by Crippen LogP contribution is 2.15. The molecule has 0 aliphatic heterocycles. The predicted octanol–water partition coefficient (Wildman–Crippen LogP) is 0.911. The Morgan fingerprint density at radius 1 is 1.35 bits per heavy atom. The van der Waals surface area contributed by atoms with Gasteiger partial charge in [-0.2, -0.15) is 0 Å². The highest BCUT2D eigenvalue weighted by Gasteiger charge is 2.14. The first-order valence-corrected chi connectivity index (χ1v) is 6.04. The van der Waals surface area contributed by atoms with Crippen LogP contribution in [0.2, 0.25) is 0 Å². The van der Waals surface area contributed by atoms with Crippen LogP contribution in [0.5, 0.6) is 0 Å². The van der Waals surface area contributed by atoms with Crippen molar-refractivity contribution in [2.75, 3.05) is 11.9 Å². The maximum Gasteiger partial charge on any atom is 0.192 e. The molecule has 0 amide bonds. The van der Waals surface area contributed by atoms with E-state index in [1.165, 1.54) is 6.20 Å². The van der Waals surface area contributed by atoms with E-state index in [4.69, 9.17) is 10.9 Å². The van der Waals surface area contributed by atoms with Gasteiger partial charge in [-0.15, -0.1) is 0 Å². The molecular weight excluding hydrogens is 256 g/mol. The monoisotopic (exact) mass is 272 g/mol. The van der Waals surface area contributed by atoms with Crippen LogP contribution in [0.4, 0.5) is 5.82 Å². The first-order valence-electron chi connectivity index (χ1n) is 6.04. The Balaban J connectivity index is 2.28. The molecule has 2 heterocycles. The lowest BCUT2D eigenvalue weighted by atomic mass is 10.3.